The number of carbonyl (C=O) groups excluding carboxylic acids is 2. The smallest absolute Gasteiger partial charge is 0.289 e. The first-order valence-corrected chi connectivity index (χ1v) is 4.71. The predicted molar refractivity (Wildman–Crippen MR) is 51.2 cm³/mol. The molecule has 4 heteroatoms. The predicted octanol–water partition coefficient (Wildman–Crippen LogP) is 0.209. The molecule has 0 aliphatic heterocycles. The summed E-state index contributed by atoms with van der Waals surface area (Å²) in [6, 6.07) is -0.651. The summed E-state index contributed by atoms with van der Waals surface area (Å²) in [6.45, 7) is 4.35. The van der Waals surface area contributed by atoms with E-state index in [0.717, 1.165) is 12.8 Å². The minimum absolute atomic E-state index is 0.500. The SMILES string of the molecule is CCCCNC(=O)C(=O)C(N)CC. The van der Waals surface area contributed by atoms with Crippen molar-refractivity contribution in [1.29, 1.82) is 0 Å². The van der Waals surface area contributed by atoms with Crippen molar-refractivity contribution in [3.8, 4) is 0 Å². The number of hydrogen-bond donors (Lipinski definition) is 2. The van der Waals surface area contributed by atoms with Crippen molar-refractivity contribution in [2.75, 3.05) is 6.54 Å². The van der Waals surface area contributed by atoms with E-state index in [1.807, 2.05) is 6.92 Å². The quantitative estimate of drug-likeness (QED) is 0.460. The summed E-state index contributed by atoms with van der Waals surface area (Å²) in [5.74, 6) is -1.07. The highest BCUT2D eigenvalue weighted by molar-refractivity contribution is 6.38. The maximum absolute atomic E-state index is 11.1. The molecule has 0 bridgehead atoms. The molecule has 1 unspecified atom stereocenters. The van der Waals surface area contributed by atoms with E-state index >= 15 is 0 Å². The van der Waals surface area contributed by atoms with Gasteiger partial charge < -0.3 is 11.1 Å². The largest absolute Gasteiger partial charge is 0.349 e. The Morgan fingerprint density at radius 2 is 2.00 bits per heavy atom. The van der Waals surface area contributed by atoms with E-state index in [1.54, 1.807) is 6.92 Å². The van der Waals surface area contributed by atoms with E-state index < -0.39 is 17.7 Å². The van der Waals surface area contributed by atoms with Gasteiger partial charge in [-0.1, -0.05) is 20.3 Å². The number of amides is 1. The average molecular weight is 186 g/mol. The number of hydrogen-bond acceptors (Lipinski definition) is 3. The zero-order valence-corrected chi connectivity index (χ0v) is 8.30. The lowest BCUT2D eigenvalue weighted by atomic mass is 10.1. The van der Waals surface area contributed by atoms with Crippen molar-refractivity contribution in [3.05, 3.63) is 0 Å². The van der Waals surface area contributed by atoms with Crippen LogP contribution in [0.4, 0.5) is 0 Å². The van der Waals surface area contributed by atoms with E-state index in [1.165, 1.54) is 0 Å². The lowest BCUT2D eigenvalue weighted by Crippen LogP contribution is -2.42. The van der Waals surface area contributed by atoms with Gasteiger partial charge in [0.15, 0.2) is 0 Å². The van der Waals surface area contributed by atoms with E-state index in [-0.39, 0.29) is 0 Å². The molecule has 1 atom stereocenters. The van der Waals surface area contributed by atoms with Gasteiger partial charge in [0, 0.05) is 6.54 Å². The van der Waals surface area contributed by atoms with Gasteiger partial charge in [-0.15, -0.1) is 0 Å². The molecule has 0 aromatic rings. The molecule has 0 heterocycles. The van der Waals surface area contributed by atoms with Crippen molar-refractivity contribution in [2.45, 2.75) is 39.2 Å². The lowest BCUT2D eigenvalue weighted by Gasteiger charge is -2.07. The second-order valence-electron chi connectivity index (χ2n) is 2.99. The van der Waals surface area contributed by atoms with E-state index in [4.69, 9.17) is 5.73 Å². The standard InChI is InChI=1S/C9H18N2O2/c1-3-5-6-11-9(13)8(12)7(10)4-2/h7H,3-6,10H2,1-2H3,(H,11,13). The lowest BCUT2D eigenvalue weighted by molar-refractivity contribution is -0.138. The molecule has 0 aliphatic rings. The highest BCUT2D eigenvalue weighted by Gasteiger charge is 2.19. The van der Waals surface area contributed by atoms with Crippen LogP contribution < -0.4 is 11.1 Å². The highest BCUT2D eigenvalue weighted by atomic mass is 16.2. The zero-order valence-electron chi connectivity index (χ0n) is 8.30. The summed E-state index contributed by atoms with van der Waals surface area (Å²) in [6.07, 6.45) is 2.38. The van der Waals surface area contributed by atoms with Gasteiger partial charge in [-0.25, -0.2) is 0 Å². The molecule has 3 N–H and O–H groups in total. The van der Waals surface area contributed by atoms with Crippen LogP contribution in [0.15, 0.2) is 0 Å². The van der Waals surface area contributed by atoms with Gasteiger partial charge in [-0.3, -0.25) is 9.59 Å². The highest BCUT2D eigenvalue weighted by Crippen LogP contribution is 1.89. The Kier molecular flexibility index (Phi) is 6.14. The summed E-state index contributed by atoms with van der Waals surface area (Å²) < 4.78 is 0. The Hall–Kier alpha value is -0.900. The van der Waals surface area contributed by atoms with Gasteiger partial charge in [0.25, 0.3) is 5.91 Å². The molecule has 0 fully saturated rings. The van der Waals surface area contributed by atoms with Crippen molar-refractivity contribution in [3.63, 3.8) is 0 Å². The van der Waals surface area contributed by atoms with Crippen LogP contribution in [0.25, 0.3) is 0 Å². The Bertz CT molecular complexity index is 180. The van der Waals surface area contributed by atoms with Gasteiger partial charge in [0.05, 0.1) is 6.04 Å². The van der Waals surface area contributed by atoms with Gasteiger partial charge in [-0.05, 0) is 12.8 Å². The molecular formula is C9H18N2O2. The molecule has 13 heavy (non-hydrogen) atoms. The molecular weight excluding hydrogens is 168 g/mol. The molecule has 76 valence electrons. The Labute approximate surface area is 78.9 Å². The molecule has 0 saturated carbocycles. The summed E-state index contributed by atoms with van der Waals surface area (Å²) in [4.78, 5) is 22.2. The Morgan fingerprint density at radius 1 is 1.38 bits per heavy atom. The first-order chi connectivity index (χ1) is 6.13. The van der Waals surface area contributed by atoms with E-state index in [2.05, 4.69) is 5.32 Å². The van der Waals surface area contributed by atoms with Crippen molar-refractivity contribution in [2.24, 2.45) is 5.73 Å². The molecule has 4 nitrogen and oxygen atoms in total. The molecule has 0 aromatic heterocycles. The minimum atomic E-state index is -0.651. The summed E-state index contributed by atoms with van der Waals surface area (Å²) >= 11 is 0. The van der Waals surface area contributed by atoms with Gasteiger partial charge in [0.2, 0.25) is 5.78 Å². The molecule has 0 radical (unpaired) electrons. The maximum Gasteiger partial charge on any atom is 0.289 e. The first kappa shape index (κ1) is 12.1. The van der Waals surface area contributed by atoms with Crippen LogP contribution in [-0.4, -0.2) is 24.3 Å². The fraction of sp³-hybridized carbons (Fsp3) is 0.778. The topological polar surface area (TPSA) is 72.2 Å². The maximum atomic E-state index is 11.1. The third kappa shape index (κ3) is 4.62. The molecule has 0 aromatic carbocycles. The third-order valence-electron chi connectivity index (χ3n) is 1.82. The Morgan fingerprint density at radius 3 is 2.46 bits per heavy atom. The second-order valence-corrected chi connectivity index (χ2v) is 2.99. The average Bonchev–Trinajstić information content (AvgIpc) is 2.15. The van der Waals surface area contributed by atoms with Crippen LogP contribution >= 0.6 is 0 Å². The van der Waals surface area contributed by atoms with Crippen molar-refractivity contribution >= 4 is 11.7 Å². The van der Waals surface area contributed by atoms with Gasteiger partial charge in [-0.2, -0.15) is 0 Å². The summed E-state index contributed by atoms with van der Waals surface area (Å²) in [5, 5.41) is 2.53. The van der Waals surface area contributed by atoms with Crippen LogP contribution in [0.2, 0.25) is 0 Å². The first-order valence-electron chi connectivity index (χ1n) is 4.71. The number of ketones is 1. The van der Waals surface area contributed by atoms with Crippen LogP contribution in [0.3, 0.4) is 0 Å². The van der Waals surface area contributed by atoms with Gasteiger partial charge in [0.1, 0.15) is 0 Å². The van der Waals surface area contributed by atoms with Crippen molar-refractivity contribution in [1.82, 2.24) is 5.32 Å². The Balaban J connectivity index is 3.76. The van der Waals surface area contributed by atoms with Crippen LogP contribution in [0.1, 0.15) is 33.1 Å². The van der Waals surface area contributed by atoms with E-state index in [0.29, 0.717) is 13.0 Å². The normalized spacial score (nSPS) is 12.2. The number of nitrogens with two attached hydrogens (primary N) is 1. The molecule has 0 rings (SSSR count). The molecule has 0 aliphatic carbocycles. The fourth-order valence-electron chi connectivity index (χ4n) is 0.820. The number of nitrogens with one attached hydrogen (secondary N) is 1. The number of Topliss-reactive ketones (excluding diaryl/α,β-unsaturated/α-hetero) is 1. The third-order valence-corrected chi connectivity index (χ3v) is 1.82. The zero-order chi connectivity index (χ0) is 10.3. The van der Waals surface area contributed by atoms with Gasteiger partial charge >= 0.3 is 0 Å². The van der Waals surface area contributed by atoms with Crippen LogP contribution in [0, 0.1) is 0 Å². The molecule has 0 spiro atoms. The van der Waals surface area contributed by atoms with Crippen LogP contribution in [-0.2, 0) is 9.59 Å². The number of carbonyl (C=O) groups is 2. The number of unbranched alkanes of at least 4 members (excludes halogenated alkanes) is 1. The molecule has 1 amide bonds. The second kappa shape index (κ2) is 6.60. The van der Waals surface area contributed by atoms with Crippen molar-refractivity contribution < 1.29 is 9.59 Å². The minimum Gasteiger partial charge on any atom is -0.349 e. The van der Waals surface area contributed by atoms with E-state index in [9.17, 15) is 9.59 Å². The fourth-order valence-corrected chi connectivity index (χ4v) is 0.820. The molecule has 0 saturated heterocycles. The monoisotopic (exact) mass is 186 g/mol. The number of rotatable bonds is 6. The van der Waals surface area contributed by atoms with Crippen LogP contribution in [0.5, 0.6) is 0 Å². The summed E-state index contributed by atoms with van der Waals surface area (Å²) in [5.41, 5.74) is 5.41. The summed E-state index contributed by atoms with van der Waals surface area (Å²) in [7, 11) is 0.